The highest BCUT2D eigenvalue weighted by molar-refractivity contribution is 5.82. The monoisotopic (exact) mass is 205 g/mol. The van der Waals surface area contributed by atoms with Crippen molar-refractivity contribution in [2.24, 2.45) is 0 Å². The number of rotatable bonds is 3. The summed E-state index contributed by atoms with van der Waals surface area (Å²) in [5, 5.41) is 6.03. The van der Waals surface area contributed by atoms with Gasteiger partial charge in [0, 0.05) is 12.4 Å². The molecule has 1 aromatic heterocycles. The third kappa shape index (κ3) is 2.33. The lowest BCUT2D eigenvalue weighted by Crippen LogP contribution is -2.53. The molecule has 4 nitrogen and oxygen atoms in total. The van der Waals surface area contributed by atoms with Crippen LogP contribution in [0.25, 0.3) is 0 Å². The van der Waals surface area contributed by atoms with Crippen molar-refractivity contribution >= 4 is 5.91 Å². The zero-order valence-electron chi connectivity index (χ0n) is 8.73. The van der Waals surface area contributed by atoms with E-state index in [0.717, 1.165) is 18.5 Å². The number of hydrogen-bond donors (Lipinski definition) is 2. The molecule has 0 aliphatic carbocycles. The van der Waals surface area contributed by atoms with E-state index in [0.29, 0.717) is 0 Å². The molecule has 0 saturated carbocycles. The maximum atomic E-state index is 11.6. The maximum Gasteiger partial charge on any atom is 0.237 e. The van der Waals surface area contributed by atoms with E-state index in [2.05, 4.69) is 15.6 Å². The Kier molecular flexibility index (Phi) is 2.97. The van der Waals surface area contributed by atoms with E-state index in [-0.39, 0.29) is 18.0 Å². The molecule has 1 saturated heterocycles. The van der Waals surface area contributed by atoms with E-state index in [4.69, 9.17) is 0 Å². The average Bonchev–Trinajstić information content (AvgIpc) is 2.16. The van der Waals surface area contributed by atoms with Gasteiger partial charge in [-0.25, -0.2) is 0 Å². The number of pyridine rings is 1. The minimum atomic E-state index is 0.00382. The molecular weight excluding hydrogens is 190 g/mol. The molecule has 2 N–H and O–H groups in total. The summed E-state index contributed by atoms with van der Waals surface area (Å²) in [6, 6.07) is 3.86. The number of nitrogens with zero attached hydrogens (tertiary/aromatic N) is 1. The number of carbonyl (C=O) groups is 1. The van der Waals surface area contributed by atoms with Gasteiger partial charge in [0.25, 0.3) is 0 Å². The lowest BCUT2D eigenvalue weighted by molar-refractivity contribution is -0.125. The van der Waals surface area contributed by atoms with Gasteiger partial charge in [0.15, 0.2) is 0 Å². The first-order valence-corrected chi connectivity index (χ1v) is 5.21. The summed E-state index contributed by atoms with van der Waals surface area (Å²) in [5.74, 6) is 0.0811. The predicted molar refractivity (Wildman–Crippen MR) is 57.2 cm³/mol. The molecule has 0 aromatic carbocycles. The number of amides is 1. The molecular formula is C11H15N3O. The zero-order chi connectivity index (χ0) is 10.7. The molecule has 2 rings (SSSR count). The topological polar surface area (TPSA) is 54.0 Å². The van der Waals surface area contributed by atoms with E-state index in [9.17, 15) is 4.79 Å². The summed E-state index contributed by atoms with van der Waals surface area (Å²) in [4.78, 5) is 15.6. The van der Waals surface area contributed by atoms with E-state index in [1.807, 2.05) is 19.1 Å². The van der Waals surface area contributed by atoms with Gasteiger partial charge >= 0.3 is 0 Å². The van der Waals surface area contributed by atoms with Gasteiger partial charge in [0.05, 0.1) is 12.1 Å². The molecule has 1 amide bonds. The van der Waals surface area contributed by atoms with Gasteiger partial charge in [0.2, 0.25) is 5.91 Å². The van der Waals surface area contributed by atoms with Crippen molar-refractivity contribution in [2.45, 2.75) is 25.4 Å². The Morgan fingerprint density at radius 2 is 2.53 bits per heavy atom. The van der Waals surface area contributed by atoms with Gasteiger partial charge < -0.3 is 10.6 Å². The first kappa shape index (κ1) is 10.1. The molecule has 1 aromatic rings. The first-order chi connectivity index (χ1) is 7.27. The Morgan fingerprint density at radius 3 is 3.07 bits per heavy atom. The molecule has 4 heteroatoms. The lowest BCUT2D eigenvalue weighted by Gasteiger charge is -2.27. The normalized spacial score (nSPS) is 21.5. The van der Waals surface area contributed by atoms with Crippen LogP contribution in [0, 0.1) is 0 Å². The standard InChI is InChI=1S/C11H15N3O/c1-8(9-3-2-5-12-7-9)14-11(15)10-4-6-13-10/h2-3,5,7-8,10,13H,4,6H2,1H3,(H,14,15)/t8?,10-/m1/s1. The largest absolute Gasteiger partial charge is 0.348 e. The van der Waals surface area contributed by atoms with Crippen LogP contribution in [0.2, 0.25) is 0 Å². The van der Waals surface area contributed by atoms with Crippen LogP contribution in [0.4, 0.5) is 0 Å². The van der Waals surface area contributed by atoms with E-state index >= 15 is 0 Å². The third-order valence-electron chi connectivity index (χ3n) is 2.68. The molecule has 1 unspecified atom stereocenters. The van der Waals surface area contributed by atoms with E-state index < -0.39 is 0 Å². The third-order valence-corrected chi connectivity index (χ3v) is 2.68. The highest BCUT2D eigenvalue weighted by Gasteiger charge is 2.25. The molecule has 0 spiro atoms. The second-order valence-corrected chi connectivity index (χ2v) is 3.81. The molecule has 1 aliphatic rings. The summed E-state index contributed by atoms with van der Waals surface area (Å²) in [7, 11) is 0. The fourth-order valence-corrected chi connectivity index (χ4v) is 1.54. The highest BCUT2D eigenvalue weighted by Crippen LogP contribution is 2.11. The summed E-state index contributed by atoms with van der Waals surface area (Å²) >= 11 is 0. The fraction of sp³-hybridized carbons (Fsp3) is 0.455. The molecule has 15 heavy (non-hydrogen) atoms. The Hall–Kier alpha value is -1.42. The lowest BCUT2D eigenvalue weighted by atomic mass is 10.1. The number of aromatic nitrogens is 1. The van der Waals surface area contributed by atoms with Gasteiger partial charge in [-0.3, -0.25) is 9.78 Å². The van der Waals surface area contributed by atoms with Crippen LogP contribution in [-0.4, -0.2) is 23.5 Å². The molecule has 1 aliphatic heterocycles. The van der Waals surface area contributed by atoms with Gasteiger partial charge in [-0.2, -0.15) is 0 Å². The van der Waals surface area contributed by atoms with Crippen LogP contribution in [0.3, 0.4) is 0 Å². The van der Waals surface area contributed by atoms with Crippen molar-refractivity contribution in [3.63, 3.8) is 0 Å². The summed E-state index contributed by atoms with van der Waals surface area (Å²) < 4.78 is 0. The number of hydrogen-bond acceptors (Lipinski definition) is 3. The molecule has 2 heterocycles. The predicted octanol–water partition coefficient (Wildman–Crippen LogP) is 0.621. The quantitative estimate of drug-likeness (QED) is 0.760. The number of nitrogens with one attached hydrogen (secondary N) is 2. The molecule has 1 fully saturated rings. The molecule has 0 bridgehead atoms. The van der Waals surface area contributed by atoms with E-state index in [1.54, 1.807) is 12.4 Å². The first-order valence-electron chi connectivity index (χ1n) is 5.21. The highest BCUT2D eigenvalue weighted by atomic mass is 16.2. The minimum Gasteiger partial charge on any atom is -0.348 e. The van der Waals surface area contributed by atoms with Crippen molar-refractivity contribution in [1.29, 1.82) is 0 Å². The second kappa shape index (κ2) is 4.40. The van der Waals surface area contributed by atoms with Crippen LogP contribution >= 0.6 is 0 Å². The van der Waals surface area contributed by atoms with Crippen LogP contribution in [0.1, 0.15) is 24.9 Å². The Morgan fingerprint density at radius 1 is 1.73 bits per heavy atom. The minimum absolute atomic E-state index is 0.00382. The van der Waals surface area contributed by atoms with Crippen molar-refractivity contribution in [2.75, 3.05) is 6.54 Å². The molecule has 0 radical (unpaired) electrons. The van der Waals surface area contributed by atoms with Crippen LogP contribution in [0.5, 0.6) is 0 Å². The summed E-state index contributed by atoms with van der Waals surface area (Å²) in [6.45, 7) is 2.91. The van der Waals surface area contributed by atoms with Crippen molar-refractivity contribution < 1.29 is 4.79 Å². The number of carbonyl (C=O) groups excluding carboxylic acids is 1. The van der Waals surface area contributed by atoms with Crippen LogP contribution in [0.15, 0.2) is 24.5 Å². The molecule has 2 atom stereocenters. The SMILES string of the molecule is CC(NC(=O)[C@H]1CCN1)c1cccnc1. The van der Waals surface area contributed by atoms with Crippen LogP contribution < -0.4 is 10.6 Å². The van der Waals surface area contributed by atoms with Gasteiger partial charge in [0.1, 0.15) is 0 Å². The fourth-order valence-electron chi connectivity index (χ4n) is 1.54. The van der Waals surface area contributed by atoms with Crippen molar-refractivity contribution in [3.8, 4) is 0 Å². The maximum absolute atomic E-state index is 11.6. The van der Waals surface area contributed by atoms with Crippen molar-refractivity contribution in [3.05, 3.63) is 30.1 Å². The van der Waals surface area contributed by atoms with Crippen molar-refractivity contribution in [1.82, 2.24) is 15.6 Å². The van der Waals surface area contributed by atoms with Gasteiger partial charge in [-0.15, -0.1) is 0 Å². The Labute approximate surface area is 89.1 Å². The smallest absolute Gasteiger partial charge is 0.237 e. The van der Waals surface area contributed by atoms with Gasteiger partial charge in [-0.05, 0) is 31.5 Å². The summed E-state index contributed by atoms with van der Waals surface area (Å²) in [6.07, 6.45) is 4.44. The van der Waals surface area contributed by atoms with Crippen LogP contribution in [-0.2, 0) is 4.79 Å². The zero-order valence-corrected chi connectivity index (χ0v) is 8.73. The second-order valence-electron chi connectivity index (χ2n) is 3.81. The Balaban J connectivity index is 1.91. The van der Waals surface area contributed by atoms with Gasteiger partial charge in [-0.1, -0.05) is 6.07 Å². The Bertz CT molecular complexity index is 335. The van der Waals surface area contributed by atoms with E-state index in [1.165, 1.54) is 0 Å². The average molecular weight is 205 g/mol. The molecule has 80 valence electrons. The summed E-state index contributed by atoms with van der Waals surface area (Å²) in [5.41, 5.74) is 1.03.